The van der Waals surface area contributed by atoms with Gasteiger partial charge in [-0.15, -0.1) is 0 Å². The van der Waals surface area contributed by atoms with Gasteiger partial charge in [0.15, 0.2) is 0 Å². The molecule has 2 N–H and O–H groups in total. The number of carbonyl (C=O) groups is 2. The normalized spacial score (nSPS) is 11.2. The summed E-state index contributed by atoms with van der Waals surface area (Å²) in [6.45, 7) is 4.85. The standard InChI is InChI=1S/C18H28N2O5S/c1-3-5-6-17(21)20(14-12-18(22)25-4-2)13-11-15-7-9-16(10-8-15)26(19,23)24/h7-10H,3-6,11-14H2,1-2H3,(H2,19,23,24). The number of sulfonamides is 1. The first-order valence-electron chi connectivity index (χ1n) is 8.83. The summed E-state index contributed by atoms with van der Waals surface area (Å²) in [6, 6.07) is 6.26. The van der Waals surface area contributed by atoms with Crippen molar-refractivity contribution in [2.45, 2.75) is 50.8 Å². The van der Waals surface area contributed by atoms with Gasteiger partial charge in [-0.25, -0.2) is 13.6 Å². The highest BCUT2D eigenvalue weighted by molar-refractivity contribution is 7.89. The van der Waals surface area contributed by atoms with Gasteiger partial charge in [0.2, 0.25) is 15.9 Å². The van der Waals surface area contributed by atoms with Crippen LogP contribution in [-0.2, 0) is 30.8 Å². The second-order valence-corrected chi connectivity index (χ2v) is 7.54. The van der Waals surface area contributed by atoms with Crippen molar-refractivity contribution in [3.63, 3.8) is 0 Å². The number of hydrogen-bond acceptors (Lipinski definition) is 5. The van der Waals surface area contributed by atoms with Crippen LogP contribution >= 0.6 is 0 Å². The predicted octanol–water partition coefficient (Wildman–Crippen LogP) is 1.85. The first-order valence-corrected chi connectivity index (χ1v) is 10.4. The first kappa shape index (κ1) is 22.1. The zero-order valence-electron chi connectivity index (χ0n) is 15.4. The Hall–Kier alpha value is -1.93. The highest BCUT2D eigenvalue weighted by Gasteiger charge is 2.15. The van der Waals surface area contributed by atoms with Crippen molar-refractivity contribution in [3.05, 3.63) is 29.8 Å². The number of amides is 1. The molecule has 26 heavy (non-hydrogen) atoms. The highest BCUT2D eigenvalue weighted by atomic mass is 32.2. The molecule has 1 rings (SSSR count). The zero-order valence-corrected chi connectivity index (χ0v) is 16.3. The van der Waals surface area contributed by atoms with E-state index in [1.165, 1.54) is 12.1 Å². The van der Waals surface area contributed by atoms with Crippen LogP contribution in [0.15, 0.2) is 29.2 Å². The zero-order chi connectivity index (χ0) is 19.6. The fourth-order valence-corrected chi connectivity index (χ4v) is 2.93. The van der Waals surface area contributed by atoms with E-state index in [1.807, 2.05) is 6.92 Å². The van der Waals surface area contributed by atoms with E-state index in [4.69, 9.17) is 9.88 Å². The van der Waals surface area contributed by atoms with Crippen LogP contribution in [0.2, 0.25) is 0 Å². The molecule has 146 valence electrons. The van der Waals surface area contributed by atoms with E-state index in [0.29, 0.717) is 32.5 Å². The van der Waals surface area contributed by atoms with Crippen LogP contribution in [0.4, 0.5) is 0 Å². The second-order valence-electron chi connectivity index (χ2n) is 5.98. The van der Waals surface area contributed by atoms with Gasteiger partial charge in [0.25, 0.3) is 0 Å². The number of hydrogen-bond donors (Lipinski definition) is 1. The first-order chi connectivity index (χ1) is 12.3. The van der Waals surface area contributed by atoms with Gasteiger partial charge < -0.3 is 9.64 Å². The maximum absolute atomic E-state index is 12.4. The number of ether oxygens (including phenoxy) is 1. The molecule has 1 aromatic rings. The van der Waals surface area contributed by atoms with E-state index < -0.39 is 10.0 Å². The van der Waals surface area contributed by atoms with Crippen molar-refractivity contribution in [1.29, 1.82) is 0 Å². The third-order valence-corrected chi connectivity index (χ3v) is 4.84. The summed E-state index contributed by atoms with van der Waals surface area (Å²) in [7, 11) is -3.71. The summed E-state index contributed by atoms with van der Waals surface area (Å²) in [4.78, 5) is 25.6. The minimum Gasteiger partial charge on any atom is -0.466 e. The Balaban J connectivity index is 2.68. The highest BCUT2D eigenvalue weighted by Crippen LogP contribution is 2.11. The molecular weight excluding hydrogens is 356 g/mol. The Bertz CT molecular complexity index is 686. The summed E-state index contributed by atoms with van der Waals surface area (Å²) in [6.07, 6.45) is 2.90. The predicted molar refractivity (Wildman–Crippen MR) is 98.9 cm³/mol. The fourth-order valence-electron chi connectivity index (χ4n) is 2.42. The van der Waals surface area contributed by atoms with E-state index in [1.54, 1.807) is 24.0 Å². The van der Waals surface area contributed by atoms with Crippen LogP contribution < -0.4 is 5.14 Å². The molecule has 0 aliphatic carbocycles. The molecule has 0 aromatic heterocycles. The molecule has 0 fully saturated rings. The number of nitrogens with zero attached hydrogens (tertiary/aromatic N) is 1. The number of unbranched alkanes of at least 4 members (excludes halogenated alkanes) is 1. The fraction of sp³-hybridized carbons (Fsp3) is 0.556. The molecule has 0 saturated heterocycles. The molecule has 0 spiro atoms. The third-order valence-electron chi connectivity index (χ3n) is 3.91. The minimum atomic E-state index is -3.71. The molecule has 0 saturated carbocycles. The Morgan fingerprint density at radius 3 is 2.27 bits per heavy atom. The number of benzene rings is 1. The lowest BCUT2D eigenvalue weighted by molar-refractivity contribution is -0.144. The molecule has 0 aliphatic heterocycles. The molecule has 1 aromatic carbocycles. The maximum atomic E-state index is 12.4. The van der Waals surface area contributed by atoms with Gasteiger partial charge in [0.05, 0.1) is 17.9 Å². The number of primary sulfonamides is 1. The van der Waals surface area contributed by atoms with Crippen molar-refractivity contribution < 1.29 is 22.7 Å². The van der Waals surface area contributed by atoms with E-state index in [9.17, 15) is 18.0 Å². The lowest BCUT2D eigenvalue weighted by atomic mass is 10.1. The topological polar surface area (TPSA) is 107 Å². The monoisotopic (exact) mass is 384 g/mol. The van der Waals surface area contributed by atoms with E-state index in [-0.39, 0.29) is 23.2 Å². The van der Waals surface area contributed by atoms with E-state index in [0.717, 1.165) is 18.4 Å². The Labute approximate surface area is 155 Å². The third kappa shape index (κ3) is 7.97. The van der Waals surface area contributed by atoms with E-state index in [2.05, 4.69) is 0 Å². The van der Waals surface area contributed by atoms with Gasteiger partial charge in [0.1, 0.15) is 0 Å². The SMILES string of the molecule is CCCCC(=O)N(CCC(=O)OCC)CCc1ccc(S(N)(=O)=O)cc1. The largest absolute Gasteiger partial charge is 0.466 e. The molecule has 8 heteroatoms. The quantitative estimate of drug-likeness (QED) is 0.586. The summed E-state index contributed by atoms with van der Waals surface area (Å²) < 4.78 is 27.5. The van der Waals surface area contributed by atoms with Gasteiger partial charge in [-0.05, 0) is 37.5 Å². The minimum absolute atomic E-state index is 0.0114. The molecule has 0 radical (unpaired) electrons. The van der Waals surface area contributed by atoms with Crippen LogP contribution in [-0.4, -0.2) is 44.9 Å². The molecule has 0 aliphatic rings. The molecule has 0 bridgehead atoms. The summed E-state index contributed by atoms with van der Waals surface area (Å²) in [5.74, 6) is -0.310. The van der Waals surface area contributed by atoms with Gasteiger partial charge in [0, 0.05) is 19.5 Å². The lowest BCUT2D eigenvalue weighted by Crippen LogP contribution is -2.35. The molecule has 0 unspecified atom stereocenters. The summed E-state index contributed by atoms with van der Waals surface area (Å²) >= 11 is 0. The van der Waals surface area contributed by atoms with Crippen molar-refractivity contribution in [3.8, 4) is 0 Å². The second kappa shape index (κ2) is 10.9. The van der Waals surface area contributed by atoms with Crippen molar-refractivity contribution in [2.75, 3.05) is 19.7 Å². The molecule has 0 heterocycles. The van der Waals surface area contributed by atoms with Crippen molar-refractivity contribution in [2.24, 2.45) is 5.14 Å². The summed E-state index contributed by atoms with van der Waals surface area (Å²) in [5, 5.41) is 5.08. The van der Waals surface area contributed by atoms with Crippen LogP contribution in [0.5, 0.6) is 0 Å². The lowest BCUT2D eigenvalue weighted by Gasteiger charge is -2.22. The summed E-state index contributed by atoms with van der Waals surface area (Å²) in [5.41, 5.74) is 0.891. The number of carbonyl (C=O) groups excluding carboxylic acids is 2. The van der Waals surface area contributed by atoms with Gasteiger partial charge in [-0.1, -0.05) is 25.5 Å². The maximum Gasteiger partial charge on any atom is 0.307 e. The Morgan fingerprint density at radius 1 is 1.08 bits per heavy atom. The molecule has 0 atom stereocenters. The van der Waals surface area contributed by atoms with Crippen LogP contribution in [0.1, 0.15) is 45.1 Å². The van der Waals surface area contributed by atoms with Gasteiger partial charge in [-0.2, -0.15) is 0 Å². The van der Waals surface area contributed by atoms with Crippen LogP contribution in [0, 0.1) is 0 Å². The van der Waals surface area contributed by atoms with Gasteiger partial charge in [-0.3, -0.25) is 9.59 Å². The van der Waals surface area contributed by atoms with Crippen LogP contribution in [0.3, 0.4) is 0 Å². The molecule has 1 amide bonds. The van der Waals surface area contributed by atoms with Gasteiger partial charge >= 0.3 is 5.97 Å². The van der Waals surface area contributed by atoms with E-state index >= 15 is 0 Å². The van der Waals surface area contributed by atoms with Crippen molar-refractivity contribution in [1.82, 2.24) is 4.90 Å². The number of rotatable bonds is 11. The van der Waals surface area contributed by atoms with Crippen molar-refractivity contribution >= 4 is 21.9 Å². The Kier molecular flexibility index (Phi) is 9.29. The smallest absolute Gasteiger partial charge is 0.307 e. The average molecular weight is 384 g/mol. The van der Waals surface area contributed by atoms with Crippen LogP contribution in [0.25, 0.3) is 0 Å². The number of esters is 1. The average Bonchev–Trinajstić information content (AvgIpc) is 2.59. The Morgan fingerprint density at radius 2 is 1.73 bits per heavy atom. The molecular formula is C18H28N2O5S. The number of nitrogens with two attached hydrogens (primary N) is 1. The molecule has 7 nitrogen and oxygen atoms in total.